The van der Waals surface area contributed by atoms with Gasteiger partial charge in [-0.15, -0.1) is 0 Å². The molecule has 3 N–H and O–H groups in total. The summed E-state index contributed by atoms with van der Waals surface area (Å²) in [6, 6.07) is 10.7. The number of likely N-dealkylation sites (N-methyl/N-ethyl adjacent to an activating group) is 1. The van der Waals surface area contributed by atoms with E-state index in [1.54, 1.807) is 18.3 Å². The third-order valence-corrected chi connectivity index (χ3v) is 5.56. The van der Waals surface area contributed by atoms with Gasteiger partial charge < -0.3 is 4.98 Å². The number of aromatic nitrogens is 1. The van der Waals surface area contributed by atoms with Crippen LogP contribution in [-0.4, -0.2) is 35.1 Å². The quantitative estimate of drug-likeness (QED) is 0.475. The molecular formula is C22H28ClN5O. The zero-order valence-corrected chi connectivity index (χ0v) is 17.5. The van der Waals surface area contributed by atoms with E-state index >= 15 is 0 Å². The lowest BCUT2D eigenvalue weighted by Crippen LogP contribution is -2.43. The fraction of sp³-hybridized carbons (Fsp3) is 0.409. The van der Waals surface area contributed by atoms with Gasteiger partial charge in [-0.05, 0) is 49.7 Å². The maximum atomic E-state index is 10.2. The minimum atomic E-state index is -0.0532. The molecule has 29 heavy (non-hydrogen) atoms. The molecule has 7 heteroatoms. The van der Waals surface area contributed by atoms with Crippen molar-refractivity contribution in [3.05, 3.63) is 63.5 Å². The lowest BCUT2D eigenvalue weighted by atomic mass is 9.87. The zero-order chi connectivity index (χ0) is 20.8. The number of nitrogens with zero attached hydrogens (tertiary/aromatic N) is 2. The number of hydrogen-bond acceptors (Lipinski definition) is 4. The minimum Gasteiger partial charge on any atom is -0.329 e. The molecule has 0 bridgehead atoms. The van der Waals surface area contributed by atoms with Gasteiger partial charge in [0, 0.05) is 29.7 Å². The van der Waals surface area contributed by atoms with Crippen LogP contribution >= 0.6 is 11.6 Å². The largest absolute Gasteiger partial charge is 0.329 e. The van der Waals surface area contributed by atoms with E-state index in [0.717, 1.165) is 30.6 Å². The molecule has 0 saturated heterocycles. The van der Waals surface area contributed by atoms with Gasteiger partial charge in [-0.2, -0.15) is 0 Å². The van der Waals surface area contributed by atoms with Crippen LogP contribution in [0.5, 0.6) is 0 Å². The topological polar surface area (TPSA) is 87.0 Å². The van der Waals surface area contributed by atoms with Crippen LogP contribution in [0, 0.1) is 16.7 Å². The van der Waals surface area contributed by atoms with E-state index in [-0.39, 0.29) is 11.5 Å². The number of fused-ring (bicyclic) bond motifs is 1. The van der Waals surface area contributed by atoms with Crippen molar-refractivity contribution in [2.45, 2.75) is 38.6 Å². The molecule has 0 amide bonds. The predicted molar refractivity (Wildman–Crippen MR) is 119 cm³/mol. The van der Waals surface area contributed by atoms with E-state index in [9.17, 15) is 4.79 Å². The second-order valence-corrected chi connectivity index (χ2v) is 8.11. The number of hydrogen-bond donors (Lipinski definition) is 3. The number of rotatable bonds is 1. The highest BCUT2D eigenvalue weighted by atomic mass is 35.5. The van der Waals surface area contributed by atoms with Crippen molar-refractivity contribution < 1.29 is 0 Å². The van der Waals surface area contributed by atoms with Crippen molar-refractivity contribution in [2.24, 2.45) is 5.92 Å². The van der Waals surface area contributed by atoms with Gasteiger partial charge in [0.1, 0.15) is 11.7 Å². The van der Waals surface area contributed by atoms with E-state index in [1.807, 2.05) is 30.1 Å². The molecule has 0 spiro atoms. The summed E-state index contributed by atoms with van der Waals surface area (Å²) in [6.07, 6.45) is 7.41. The molecular weight excluding hydrogens is 386 g/mol. The van der Waals surface area contributed by atoms with Crippen LogP contribution < -0.4 is 10.5 Å². The van der Waals surface area contributed by atoms with Crippen LogP contribution in [0.3, 0.4) is 0 Å². The van der Waals surface area contributed by atoms with E-state index in [2.05, 4.69) is 9.88 Å². The Bertz CT molecular complexity index is 902. The van der Waals surface area contributed by atoms with Crippen LogP contribution in [0.2, 0.25) is 5.02 Å². The Hall–Kier alpha value is -2.44. The van der Waals surface area contributed by atoms with Crippen LogP contribution in [0.25, 0.3) is 0 Å². The highest BCUT2D eigenvalue weighted by molar-refractivity contribution is 6.31. The molecule has 154 valence electrons. The maximum absolute atomic E-state index is 10.2. The van der Waals surface area contributed by atoms with Crippen LogP contribution in [0.15, 0.2) is 47.4 Å². The third-order valence-electron chi connectivity index (χ3n) is 5.33. The molecule has 6 nitrogen and oxygen atoms in total. The number of anilines is 1. The van der Waals surface area contributed by atoms with Gasteiger partial charge in [0.15, 0.2) is 0 Å². The normalized spacial score (nSPS) is 17.7. The van der Waals surface area contributed by atoms with Gasteiger partial charge >= 0.3 is 0 Å². The first-order valence-electron chi connectivity index (χ1n) is 10.0. The molecule has 2 aromatic rings. The smallest absolute Gasteiger partial charge is 0.247 e. The molecule has 4 rings (SSSR count). The summed E-state index contributed by atoms with van der Waals surface area (Å²) >= 11 is 6.15. The first-order valence-corrected chi connectivity index (χ1v) is 10.4. The van der Waals surface area contributed by atoms with Gasteiger partial charge in [0.2, 0.25) is 5.56 Å². The number of aromatic amines is 1. The fourth-order valence-electron chi connectivity index (χ4n) is 3.93. The lowest BCUT2D eigenvalue weighted by Gasteiger charge is -2.32. The van der Waals surface area contributed by atoms with Crippen molar-refractivity contribution in [3.63, 3.8) is 0 Å². The molecule has 0 unspecified atom stereocenters. The highest BCUT2D eigenvalue weighted by Crippen LogP contribution is 2.32. The van der Waals surface area contributed by atoms with Crippen LogP contribution in [-0.2, 0) is 6.54 Å². The molecule has 1 aliphatic carbocycles. The summed E-state index contributed by atoms with van der Waals surface area (Å²) in [4.78, 5) is 16.6. The second kappa shape index (κ2) is 9.85. The summed E-state index contributed by atoms with van der Waals surface area (Å²) in [5.74, 6) is 1.35. The Labute approximate surface area is 176 Å². The molecule has 0 atom stereocenters. The predicted octanol–water partition coefficient (Wildman–Crippen LogP) is 4.50. The molecule has 1 aliphatic heterocycles. The number of pyridine rings is 1. The minimum absolute atomic E-state index is 0.0532. The number of nitrogens with one attached hydrogen (secondary N) is 3. The number of benzene rings is 1. The third kappa shape index (κ3) is 5.55. The Kier molecular flexibility index (Phi) is 7.23. The number of amidine groups is 2. The first-order chi connectivity index (χ1) is 14.0. The van der Waals surface area contributed by atoms with Crippen molar-refractivity contribution in [1.82, 2.24) is 9.88 Å². The second-order valence-electron chi connectivity index (χ2n) is 7.67. The number of H-pyrrole nitrogens is 1. The standard InChI is InChI=1S/C17H23ClN4.C5H5NO/c1-21-10-13-9-14(18)7-8-15(13)22(16(19)11-21)17(20)12-5-3-2-4-6-12;7-5-3-1-2-4-6-5/h7-9,12,19-20H,2-6,10-11H2,1H3;1-4H,(H,6,7). The van der Waals surface area contributed by atoms with Crippen molar-refractivity contribution in [2.75, 3.05) is 18.5 Å². The van der Waals surface area contributed by atoms with Crippen LogP contribution in [0.4, 0.5) is 5.69 Å². The SMILES string of the molecule is CN1CC(=N)N(C(=N)C2CCCCC2)c2ccc(Cl)cc2C1.O=c1cccc[nH]1. The van der Waals surface area contributed by atoms with E-state index in [4.69, 9.17) is 22.4 Å². The van der Waals surface area contributed by atoms with Crippen molar-refractivity contribution in [1.29, 1.82) is 10.8 Å². The van der Waals surface area contributed by atoms with E-state index in [1.165, 1.54) is 25.3 Å². The monoisotopic (exact) mass is 413 g/mol. The lowest BCUT2D eigenvalue weighted by molar-refractivity contribution is 0.376. The maximum Gasteiger partial charge on any atom is 0.247 e. The fourth-order valence-corrected chi connectivity index (χ4v) is 4.12. The van der Waals surface area contributed by atoms with E-state index < -0.39 is 0 Å². The Morgan fingerprint density at radius 1 is 1.14 bits per heavy atom. The molecule has 1 saturated carbocycles. The molecule has 1 fully saturated rings. The molecule has 1 aromatic carbocycles. The average molecular weight is 414 g/mol. The molecule has 0 radical (unpaired) electrons. The molecule has 1 aromatic heterocycles. The van der Waals surface area contributed by atoms with Gasteiger partial charge in [-0.25, -0.2) is 0 Å². The van der Waals surface area contributed by atoms with Crippen molar-refractivity contribution in [3.8, 4) is 0 Å². The van der Waals surface area contributed by atoms with Gasteiger partial charge in [-0.1, -0.05) is 36.9 Å². The highest BCUT2D eigenvalue weighted by Gasteiger charge is 2.30. The summed E-state index contributed by atoms with van der Waals surface area (Å²) in [5.41, 5.74) is 2.00. The molecule has 2 heterocycles. The Balaban J connectivity index is 0.000000290. The summed E-state index contributed by atoms with van der Waals surface area (Å²) in [6.45, 7) is 1.31. The summed E-state index contributed by atoms with van der Waals surface area (Å²) in [5, 5.41) is 17.9. The van der Waals surface area contributed by atoms with Gasteiger partial charge in [0.05, 0.1) is 12.2 Å². The average Bonchev–Trinajstić information content (AvgIpc) is 2.83. The van der Waals surface area contributed by atoms with Gasteiger partial charge in [0.25, 0.3) is 0 Å². The first kappa shape index (κ1) is 21.3. The number of halogens is 1. The Morgan fingerprint density at radius 3 is 2.52 bits per heavy atom. The zero-order valence-electron chi connectivity index (χ0n) is 16.7. The molecule has 2 aliphatic rings. The summed E-state index contributed by atoms with van der Waals surface area (Å²) < 4.78 is 0. The van der Waals surface area contributed by atoms with Gasteiger partial charge in [-0.3, -0.25) is 25.4 Å². The van der Waals surface area contributed by atoms with Crippen LogP contribution in [0.1, 0.15) is 37.7 Å². The summed E-state index contributed by atoms with van der Waals surface area (Å²) in [7, 11) is 2.01. The Morgan fingerprint density at radius 2 is 1.90 bits per heavy atom. The van der Waals surface area contributed by atoms with Crippen molar-refractivity contribution >= 4 is 29.0 Å². The van der Waals surface area contributed by atoms with E-state index in [0.29, 0.717) is 23.2 Å².